The number of anilines is 1. The first-order valence-corrected chi connectivity index (χ1v) is 9.43. The second kappa shape index (κ2) is 8.79. The molecule has 5 heteroatoms. The molecule has 1 amide bonds. The number of rotatable bonds is 6. The molecule has 0 saturated carbocycles. The monoisotopic (exact) mass is 355 g/mol. The number of amides is 1. The summed E-state index contributed by atoms with van der Waals surface area (Å²) in [6, 6.07) is 10.7. The molecule has 1 unspecified atom stereocenters. The summed E-state index contributed by atoms with van der Waals surface area (Å²) in [5, 5.41) is 3.20. The number of pyridine rings is 1. The lowest BCUT2D eigenvalue weighted by Gasteiger charge is -2.35. The van der Waals surface area contributed by atoms with E-state index in [-0.39, 0.29) is 11.7 Å². The summed E-state index contributed by atoms with van der Waals surface area (Å²) >= 11 is 0. The molecule has 1 fully saturated rings. The van der Waals surface area contributed by atoms with E-state index in [0.717, 1.165) is 25.8 Å². The Labute approximate surface area is 154 Å². The molecule has 1 aromatic heterocycles. The number of hydrogen-bond donors (Lipinski definition) is 1. The second-order valence-corrected chi connectivity index (χ2v) is 6.75. The van der Waals surface area contributed by atoms with Crippen molar-refractivity contribution in [3.63, 3.8) is 0 Å². The van der Waals surface area contributed by atoms with E-state index in [1.807, 2.05) is 11.0 Å². The van der Waals surface area contributed by atoms with E-state index in [0.29, 0.717) is 36.0 Å². The van der Waals surface area contributed by atoms with Gasteiger partial charge in [-0.2, -0.15) is 0 Å². The van der Waals surface area contributed by atoms with Crippen LogP contribution in [0.5, 0.6) is 0 Å². The quantitative estimate of drug-likeness (QED) is 0.841. The molecule has 2 aromatic rings. The normalized spacial score (nSPS) is 17.2. The molecule has 0 aliphatic carbocycles. The highest BCUT2D eigenvalue weighted by atomic mass is 19.1. The zero-order chi connectivity index (χ0) is 18.4. The van der Waals surface area contributed by atoms with Crippen LogP contribution in [0.4, 0.5) is 10.2 Å². The van der Waals surface area contributed by atoms with Gasteiger partial charge in [-0.3, -0.25) is 4.79 Å². The molecule has 0 radical (unpaired) electrons. The number of carbonyl (C=O) groups is 1. The summed E-state index contributed by atoms with van der Waals surface area (Å²) in [4.78, 5) is 19.2. The van der Waals surface area contributed by atoms with Crippen molar-refractivity contribution in [3.8, 4) is 0 Å². The summed E-state index contributed by atoms with van der Waals surface area (Å²) in [5.74, 6) is 0.537. The second-order valence-electron chi connectivity index (χ2n) is 6.75. The maximum Gasteiger partial charge on any atom is 0.254 e. The van der Waals surface area contributed by atoms with Gasteiger partial charge in [-0.1, -0.05) is 25.1 Å². The van der Waals surface area contributed by atoms with E-state index in [2.05, 4.69) is 17.2 Å². The maximum atomic E-state index is 13.7. The number of likely N-dealkylation sites (tertiary alicyclic amines) is 1. The third-order valence-corrected chi connectivity index (χ3v) is 5.02. The molecule has 1 aliphatic heterocycles. The Kier molecular flexibility index (Phi) is 6.21. The number of halogens is 1. The zero-order valence-corrected chi connectivity index (χ0v) is 15.2. The average molecular weight is 355 g/mol. The summed E-state index contributed by atoms with van der Waals surface area (Å²) in [5.41, 5.74) is 1.33. The Morgan fingerprint density at radius 1 is 1.31 bits per heavy atom. The van der Waals surface area contributed by atoms with E-state index >= 15 is 0 Å². The molecule has 3 rings (SSSR count). The number of nitrogens with one attached hydrogen (secondary N) is 1. The lowest BCUT2D eigenvalue weighted by Crippen LogP contribution is -2.43. The van der Waals surface area contributed by atoms with Gasteiger partial charge in [-0.15, -0.1) is 0 Å². The number of carbonyl (C=O) groups excluding carboxylic acids is 1. The Bertz CT molecular complexity index is 750. The van der Waals surface area contributed by atoms with E-state index in [4.69, 9.17) is 0 Å². The molecule has 2 heterocycles. The van der Waals surface area contributed by atoms with Crippen molar-refractivity contribution in [1.82, 2.24) is 9.88 Å². The first-order chi connectivity index (χ1) is 12.7. The first kappa shape index (κ1) is 18.4. The third kappa shape index (κ3) is 4.40. The number of piperidine rings is 1. The highest BCUT2D eigenvalue weighted by Crippen LogP contribution is 2.22. The van der Waals surface area contributed by atoms with Crippen LogP contribution in [0.2, 0.25) is 0 Å². The fourth-order valence-electron chi connectivity index (χ4n) is 3.54. The van der Waals surface area contributed by atoms with Crippen LogP contribution < -0.4 is 5.32 Å². The van der Waals surface area contributed by atoms with Crippen LogP contribution in [0.1, 0.15) is 48.5 Å². The Hall–Kier alpha value is -2.43. The van der Waals surface area contributed by atoms with Crippen molar-refractivity contribution in [2.45, 2.75) is 45.1 Å². The topological polar surface area (TPSA) is 45.2 Å². The van der Waals surface area contributed by atoms with Crippen molar-refractivity contribution >= 4 is 11.7 Å². The van der Waals surface area contributed by atoms with Gasteiger partial charge < -0.3 is 10.2 Å². The minimum atomic E-state index is -0.193. The first-order valence-electron chi connectivity index (χ1n) is 9.43. The van der Waals surface area contributed by atoms with Crippen molar-refractivity contribution in [3.05, 3.63) is 59.5 Å². The molecule has 26 heavy (non-hydrogen) atoms. The maximum absolute atomic E-state index is 13.7. The van der Waals surface area contributed by atoms with Gasteiger partial charge in [-0.05, 0) is 55.9 Å². The predicted molar refractivity (Wildman–Crippen MR) is 102 cm³/mol. The molecule has 4 nitrogen and oxygen atoms in total. The standard InChI is InChI=1S/C21H26FN3O/c1-2-18-8-5-6-14-25(18)21(26)17-11-13-24-20(15-17)23-12-10-16-7-3-4-9-19(16)22/h3-4,7,9,11,13,15,18H,2,5-6,8,10,12,14H2,1H3,(H,23,24). The zero-order valence-electron chi connectivity index (χ0n) is 15.2. The molecule has 138 valence electrons. The highest BCUT2D eigenvalue weighted by molar-refractivity contribution is 5.95. The van der Waals surface area contributed by atoms with E-state index < -0.39 is 0 Å². The number of aromatic nitrogens is 1. The van der Waals surface area contributed by atoms with E-state index in [9.17, 15) is 9.18 Å². The fraction of sp³-hybridized carbons (Fsp3) is 0.429. The van der Waals surface area contributed by atoms with Gasteiger partial charge in [-0.25, -0.2) is 9.37 Å². The van der Waals surface area contributed by atoms with E-state index in [1.165, 1.54) is 12.5 Å². The molecule has 1 aromatic carbocycles. The van der Waals surface area contributed by atoms with Crippen LogP contribution in [-0.4, -0.2) is 34.9 Å². The van der Waals surface area contributed by atoms with Gasteiger partial charge in [0, 0.05) is 30.9 Å². The van der Waals surface area contributed by atoms with Crippen LogP contribution in [0.3, 0.4) is 0 Å². The highest BCUT2D eigenvalue weighted by Gasteiger charge is 2.26. The molecule has 1 atom stereocenters. The number of hydrogen-bond acceptors (Lipinski definition) is 3. The Morgan fingerprint density at radius 3 is 2.96 bits per heavy atom. The summed E-state index contributed by atoms with van der Waals surface area (Å²) in [6.45, 7) is 3.53. The molecule has 0 bridgehead atoms. The Morgan fingerprint density at radius 2 is 2.15 bits per heavy atom. The number of benzene rings is 1. The van der Waals surface area contributed by atoms with Gasteiger partial charge in [0.2, 0.25) is 0 Å². The molecular formula is C21H26FN3O. The largest absolute Gasteiger partial charge is 0.370 e. The average Bonchev–Trinajstić information content (AvgIpc) is 2.69. The molecule has 1 aliphatic rings. The van der Waals surface area contributed by atoms with Crippen LogP contribution in [0, 0.1) is 5.82 Å². The number of nitrogens with zero attached hydrogens (tertiary/aromatic N) is 2. The SMILES string of the molecule is CCC1CCCCN1C(=O)c1ccnc(NCCc2ccccc2F)c1. The molecule has 0 spiro atoms. The third-order valence-electron chi connectivity index (χ3n) is 5.02. The van der Waals surface area contributed by atoms with Crippen molar-refractivity contribution in [2.24, 2.45) is 0 Å². The molecule has 1 saturated heterocycles. The van der Waals surface area contributed by atoms with E-state index in [1.54, 1.807) is 30.5 Å². The van der Waals surface area contributed by atoms with Crippen LogP contribution in [0.25, 0.3) is 0 Å². The van der Waals surface area contributed by atoms with Gasteiger partial charge in [0.05, 0.1) is 0 Å². The van der Waals surface area contributed by atoms with Crippen LogP contribution in [0.15, 0.2) is 42.6 Å². The lowest BCUT2D eigenvalue weighted by atomic mass is 9.99. The van der Waals surface area contributed by atoms with Gasteiger partial charge in [0.15, 0.2) is 0 Å². The minimum Gasteiger partial charge on any atom is -0.370 e. The summed E-state index contributed by atoms with van der Waals surface area (Å²) in [7, 11) is 0. The Balaban J connectivity index is 1.62. The van der Waals surface area contributed by atoms with Gasteiger partial charge in [0.1, 0.15) is 11.6 Å². The fourth-order valence-corrected chi connectivity index (χ4v) is 3.54. The minimum absolute atomic E-state index is 0.0797. The molecule has 1 N–H and O–H groups in total. The lowest BCUT2D eigenvalue weighted by molar-refractivity contribution is 0.0608. The van der Waals surface area contributed by atoms with Crippen molar-refractivity contribution in [1.29, 1.82) is 0 Å². The summed E-state index contributed by atoms with van der Waals surface area (Å²) < 4.78 is 13.7. The van der Waals surface area contributed by atoms with Crippen LogP contribution >= 0.6 is 0 Å². The van der Waals surface area contributed by atoms with Gasteiger partial charge >= 0.3 is 0 Å². The van der Waals surface area contributed by atoms with Crippen molar-refractivity contribution in [2.75, 3.05) is 18.4 Å². The smallest absolute Gasteiger partial charge is 0.254 e. The summed E-state index contributed by atoms with van der Waals surface area (Å²) in [6.07, 6.45) is 6.56. The predicted octanol–water partition coefficient (Wildman–Crippen LogP) is 4.28. The molecular weight excluding hydrogens is 329 g/mol. The van der Waals surface area contributed by atoms with Crippen LogP contribution in [-0.2, 0) is 6.42 Å². The van der Waals surface area contributed by atoms with Gasteiger partial charge in [0.25, 0.3) is 5.91 Å². The van der Waals surface area contributed by atoms with Crippen molar-refractivity contribution < 1.29 is 9.18 Å².